The molecule has 1 heterocycles. The van der Waals surface area contributed by atoms with Gasteiger partial charge in [0.25, 0.3) is 0 Å². The summed E-state index contributed by atoms with van der Waals surface area (Å²) in [4.78, 5) is 0. The van der Waals surface area contributed by atoms with E-state index in [4.69, 9.17) is 4.74 Å². The largest absolute Gasteiger partial charge is 0.497 e. The van der Waals surface area contributed by atoms with Gasteiger partial charge in [0.15, 0.2) is 0 Å². The summed E-state index contributed by atoms with van der Waals surface area (Å²) in [6, 6.07) is 7.79. The highest BCUT2D eigenvalue weighted by Crippen LogP contribution is 2.24. The van der Waals surface area contributed by atoms with Crippen LogP contribution in [-0.2, 0) is 13.0 Å². The maximum Gasteiger partial charge on any atom is 0.118 e. The van der Waals surface area contributed by atoms with Gasteiger partial charge >= 0.3 is 0 Å². The Morgan fingerprint density at radius 3 is 2.53 bits per heavy atom. The van der Waals surface area contributed by atoms with E-state index in [1.807, 2.05) is 35.0 Å². The van der Waals surface area contributed by atoms with Crippen LogP contribution >= 0.6 is 0 Å². The highest BCUT2D eigenvalue weighted by Gasteiger charge is 2.12. The molecule has 0 aliphatic rings. The zero-order valence-electron chi connectivity index (χ0n) is 11.0. The van der Waals surface area contributed by atoms with Crippen molar-refractivity contribution < 1.29 is 4.74 Å². The summed E-state index contributed by atoms with van der Waals surface area (Å²) in [7, 11) is 1.65. The monoisotopic (exact) mass is 255 g/mol. The fourth-order valence-corrected chi connectivity index (χ4v) is 1.91. The molecule has 1 aromatic carbocycles. The highest BCUT2D eigenvalue weighted by molar-refractivity contribution is 5.62. The van der Waals surface area contributed by atoms with Gasteiger partial charge in [-0.05, 0) is 24.3 Å². The van der Waals surface area contributed by atoms with Gasteiger partial charge in [-0.3, -0.25) is 0 Å². The van der Waals surface area contributed by atoms with Gasteiger partial charge in [0, 0.05) is 12.0 Å². The molecule has 4 nitrogen and oxygen atoms in total. The minimum atomic E-state index is 0.645. The Kier molecular flexibility index (Phi) is 4.13. The standard InChI is InChI=1S/C15H17N3O/c1-4-6-14-15(16-17-18(14)11-5-2)12-7-9-13(19-3)10-8-12/h4-5,7-10H,1-2,6,11H2,3H3. The SMILES string of the molecule is C=CCc1c(-c2ccc(OC)cc2)nnn1CC=C. The molecule has 0 radical (unpaired) electrons. The predicted octanol–water partition coefficient (Wildman–Crippen LogP) is 2.87. The minimum Gasteiger partial charge on any atom is -0.497 e. The number of benzene rings is 1. The molecule has 0 unspecified atom stereocenters. The van der Waals surface area contributed by atoms with Gasteiger partial charge in [-0.25, -0.2) is 4.68 Å². The van der Waals surface area contributed by atoms with E-state index in [1.54, 1.807) is 13.2 Å². The van der Waals surface area contributed by atoms with E-state index >= 15 is 0 Å². The number of nitrogens with zero attached hydrogens (tertiary/aromatic N) is 3. The molecule has 0 aliphatic carbocycles. The molecule has 2 rings (SSSR count). The Labute approximate surface area is 113 Å². The zero-order chi connectivity index (χ0) is 13.7. The zero-order valence-corrected chi connectivity index (χ0v) is 11.0. The van der Waals surface area contributed by atoms with Gasteiger partial charge in [0.2, 0.25) is 0 Å². The quantitative estimate of drug-likeness (QED) is 0.745. The van der Waals surface area contributed by atoms with Gasteiger partial charge in [0.1, 0.15) is 11.4 Å². The first-order valence-electron chi connectivity index (χ1n) is 6.08. The summed E-state index contributed by atoms with van der Waals surface area (Å²) in [5.74, 6) is 0.826. The molecule has 0 spiro atoms. The molecule has 0 saturated carbocycles. The molecule has 0 bridgehead atoms. The average molecular weight is 255 g/mol. The third kappa shape index (κ3) is 2.73. The van der Waals surface area contributed by atoms with E-state index in [0.717, 1.165) is 29.1 Å². The third-order valence-corrected chi connectivity index (χ3v) is 2.84. The molecule has 98 valence electrons. The van der Waals surface area contributed by atoms with Crippen LogP contribution < -0.4 is 4.74 Å². The van der Waals surface area contributed by atoms with Crippen LogP contribution in [0.3, 0.4) is 0 Å². The van der Waals surface area contributed by atoms with Crippen LogP contribution in [-0.4, -0.2) is 22.1 Å². The van der Waals surface area contributed by atoms with E-state index < -0.39 is 0 Å². The first-order valence-corrected chi connectivity index (χ1v) is 6.08. The molecule has 0 aliphatic heterocycles. The van der Waals surface area contributed by atoms with E-state index in [0.29, 0.717) is 6.54 Å². The van der Waals surface area contributed by atoms with Crippen LogP contribution in [0.4, 0.5) is 0 Å². The van der Waals surface area contributed by atoms with E-state index in [9.17, 15) is 0 Å². The van der Waals surface area contributed by atoms with Crippen molar-refractivity contribution in [3.8, 4) is 17.0 Å². The van der Waals surface area contributed by atoms with Crippen LogP contribution in [0.1, 0.15) is 5.69 Å². The summed E-state index contributed by atoms with van der Waals surface area (Å²) in [5.41, 5.74) is 2.94. The van der Waals surface area contributed by atoms with E-state index in [2.05, 4.69) is 23.5 Å². The Balaban J connectivity index is 2.41. The summed E-state index contributed by atoms with van der Waals surface area (Å²) < 4.78 is 7.00. The number of allylic oxidation sites excluding steroid dienone is 2. The number of ether oxygens (including phenoxy) is 1. The molecule has 0 fully saturated rings. The molecule has 0 atom stereocenters. The third-order valence-electron chi connectivity index (χ3n) is 2.84. The number of rotatable bonds is 6. The Morgan fingerprint density at radius 1 is 1.21 bits per heavy atom. The van der Waals surface area contributed by atoms with Crippen molar-refractivity contribution in [2.75, 3.05) is 7.11 Å². The molecule has 0 N–H and O–H groups in total. The Morgan fingerprint density at radius 2 is 1.95 bits per heavy atom. The van der Waals surface area contributed by atoms with Crippen LogP contribution in [0.5, 0.6) is 5.75 Å². The van der Waals surface area contributed by atoms with E-state index in [1.165, 1.54) is 0 Å². The summed E-state index contributed by atoms with van der Waals surface area (Å²) >= 11 is 0. The first kappa shape index (κ1) is 13.1. The van der Waals surface area contributed by atoms with Crippen molar-refractivity contribution >= 4 is 0 Å². The lowest BCUT2D eigenvalue weighted by molar-refractivity contribution is 0.415. The summed E-state index contributed by atoms with van der Waals surface area (Å²) in [6.07, 6.45) is 4.38. The maximum atomic E-state index is 5.16. The maximum absolute atomic E-state index is 5.16. The lowest BCUT2D eigenvalue weighted by Crippen LogP contribution is -2.03. The second-order valence-corrected chi connectivity index (χ2v) is 4.08. The van der Waals surface area contributed by atoms with Crippen LogP contribution in [0.15, 0.2) is 49.6 Å². The molecule has 19 heavy (non-hydrogen) atoms. The number of hydrogen-bond acceptors (Lipinski definition) is 3. The van der Waals surface area contributed by atoms with Crippen LogP contribution in [0.25, 0.3) is 11.3 Å². The Hall–Kier alpha value is -2.36. The van der Waals surface area contributed by atoms with Crippen molar-refractivity contribution in [3.05, 3.63) is 55.3 Å². The summed E-state index contributed by atoms with van der Waals surface area (Å²) in [6.45, 7) is 8.16. The Bertz CT molecular complexity index is 570. The number of methoxy groups -OCH3 is 1. The van der Waals surface area contributed by atoms with Crippen LogP contribution in [0.2, 0.25) is 0 Å². The molecule has 2 aromatic rings. The van der Waals surface area contributed by atoms with Gasteiger partial charge < -0.3 is 4.74 Å². The highest BCUT2D eigenvalue weighted by atomic mass is 16.5. The van der Waals surface area contributed by atoms with Crippen molar-refractivity contribution in [1.29, 1.82) is 0 Å². The van der Waals surface area contributed by atoms with Gasteiger partial charge in [-0.1, -0.05) is 17.4 Å². The predicted molar refractivity (Wildman–Crippen MR) is 76.1 cm³/mol. The fraction of sp³-hybridized carbons (Fsp3) is 0.200. The lowest BCUT2D eigenvalue weighted by Gasteiger charge is -2.05. The first-order chi connectivity index (χ1) is 9.30. The fourth-order valence-electron chi connectivity index (χ4n) is 1.91. The minimum absolute atomic E-state index is 0.645. The molecule has 1 aromatic heterocycles. The van der Waals surface area contributed by atoms with Crippen molar-refractivity contribution in [3.63, 3.8) is 0 Å². The smallest absolute Gasteiger partial charge is 0.118 e. The van der Waals surface area contributed by atoms with Crippen LogP contribution in [0, 0.1) is 0 Å². The molecular weight excluding hydrogens is 238 g/mol. The van der Waals surface area contributed by atoms with Crippen molar-refractivity contribution in [2.24, 2.45) is 0 Å². The second kappa shape index (κ2) is 6.00. The van der Waals surface area contributed by atoms with Crippen molar-refractivity contribution in [2.45, 2.75) is 13.0 Å². The average Bonchev–Trinajstić information content (AvgIpc) is 2.83. The van der Waals surface area contributed by atoms with Gasteiger partial charge in [-0.15, -0.1) is 18.3 Å². The molecular formula is C15H17N3O. The molecule has 0 saturated heterocycles. The second-order valence-electron chi connectivity index (χ2n) is 4.08. The lowest BCUT2D eigenvalue weighted by atomic mass is 10.1. The molecule has 4 heteroatoms. The number of hydrogen-bond donors (Lipinski definition) is 0. The van der Waals surface area contributed by atoms with Crippen molar-refractivity contribution in [1.82, 2.24) is 15.0 Å². The summed E-state index contributed by atoms with van der Waals surface area (Å²) in [5, 5.41) is 8.42. The van der Waals surface area contributed by atoms with E-state index in [-0.39, 0.29) is 0 Å². The topological polar surface area (TPSA) is 39.9 Å². The van der Waals surface area contributed by atoms with Gasteiger partial charge in [-0.2, -0.15) is 0 Å². The van der Waals surface area contributed by atoms with Gasteiger partial charge in [0.05, 0.1) is 19.3 Å². The normalized spacial score (nSPS) is 10.2. The molecule has 0 amide bonds. The number of aromatic nitrogens is 3.